The Morgan fingerprint density at radius 1 is 1.06 bits per heavy atom. The first kappa shape index (κ1) is 10.9. The molecule has 0 saturated heterocycles. The van der Waals surface area contributed by atoms with Gasteiger partial charge in [0.15, 0.2) is 0 Å². The van der Waals surface area contributed by atoms with Crippen molar-refractivity contribution in [3.63, 3.8) is 0 Å². The number of hydrogen-bond acceptors (Lipinski definition) is 1. The fraction of sp³-hybridized carbons (Fsp3) is 0.647. The Morgan fingerprint density at radius 3 is 2.33 bits per heavy atom. The number of phenols is 1. The zero-order valence-electron chi connectivity index (χ0n) is 11.2. The summed E-state index contributed by atoms with van der Waals surface area (Å²) in [6.07, 6.45) is 8.24. The van der Waals surface area contributed by atoms with E-state index in [9.17, 15) is 5.11 Å². The Balaban J connectivity index is 1.82. The van der Waals surface area contributed by atoms with E-state index in [1.165, 1.54) is 44.1 Å². The van der Waals surface area contributed by atoms with Crippen molar-refractivity contribution in [2.45, 2.75) is 50.9 Å². The van der Waals surface area contributed by atoms with Crippen molar-refractivity contribution in [3.05, 3.63) is 29.8 Å². The van der Waals surface area contributed by atoms with Gasteiger partial charge in [0.05, 0.1) is 0 Å². The first-order valence-corrected chi connectivity index (χ1v) is 7.37. The molecule has 4 saturated carbocycles. The second kappa shape index (κ2) is 3.31. The molecular weight excluding hydrogens is 220 g/mol. The van der Waals surface area contributed by atoms with Gasteiger partial charge in [-0.3, -0.25) is 0 Å². The Labute approximate surface area is 109 Å². The van der Waals surface area contributed by atoms with Gasteiger partial charge in [0.2, 0.25) is 0 Å². The van der Waals surface area contributed by atoms with Crippen LogP contribution in [0.2, 0.25) is 0 Å². The number of phenolic OH excluding ortho intramolecular Hbond substituents is 1. The van der Waals surface area contributed by atoms with Crippen LogP contribution < -0.4 is 0 Å². The van der Waals surface area contributed by atoms with E-state index in [-0.39, 0.29) is 0 Å². The summed E-state index contributed by atoms with van der Waals surface area (Å²) in [5.41, 5.74) is 2.08. The lowest BCUT2D eigenvalue weighted by atomic mass is 9.43. The summed E-state index contributed by atoms with van der Waals surface area (Å²) in [5.74, 6) is 2.36. The molecule has 1 aromatic rings. The maximum absolute atomic E-state index is 10.3. The maximum atomic E-state index is 10.3. The van der Waals surface area contributed by atoms with Crippen molar-refractivity contribution in [2.24, 2.45) is 17.3 Å². The summed E-state index contributed by atoms with van der Waals surface area (Å²) in [4.78, 5) is 0. The van der Waals surface area contributed by atoms with Crippen LogP contribution in [-0.2, 0) is 5.41 Å². The van der Waals surface area contributed by atoms with E-state index in [0.29, 0.717) is 16.6 Å². The summed E-state index contributed by atoms with van der Waals surface area (Å²) in [7, 11) is 0. The number of aromatic hydroxyl groups is 1. The number of rotatable bonds is 1. The Morgan fingerprint density at radius 2 is 1.72 bits per heavy atom. The lowest BCUT2D eigenvalue weighted by Crippen LogP contribution is -2.52. The predicted molar refractivity (Wildman–Crippen MR) is 72.6 cm³/mol. The molecule has 5 rings (SSSR count). The third-order valence-electron chi connectivity index (χ3n) is 5.83. The number of hydrogen-bond donors (Lipinski definition) is 1. The zero-order valence-corrected chi connectivity index (χ0v) is 11.2. The average Bonchev–Trinajstić information content (AvgIpc) is 2.25. The molecule has 0 spiro atoms. The summed E-state index contributed by atoms with van der Waals surface area (Å²) >= 11 is 0. The third-order valence-corrected chi connectivity index (χ3v) is 5.83. The van der Waals surface area contributed by atoms with Crippen molar-refractivity contribution in [1.82, 2.24) is 0 Å². The van der Waals surface area contributed by atoms with Crippen LogP contribution in [0.3, 0.4) is 0 Å². The van der Waals surface area contributed by atoms with E-state index in [2.05, 4.69) is 19.1 Å². The van der Waals surface area contributed by atoms with Gasteiger partial charge >= 0.3 is 0 Å². The van der Waals surface area contributed by atoms with Crippen molar-refractivity contribution in [1.29, 1.82) is 0 Å². The van der Waals surface area contributed by atoms with Gasteiger partial charge in [0, 0.05) is 5.56 Å². The van der Waals surface area contributed by atoms with Crippen molar-refractivity contribution >= 4 is 0 Å². The average molecular weight is 242 g/mol. The molecule has 0 aromatic heterocycles. The summed E-state index contributed by atoms with van der Waals surface area (Å²) in [6.45, 7) is 2.49. The van der Waals surface area contributed by atoms with E-state index < -0.39 is 0 Å². The smallest absolute Gasteiger partial charge is 0.119 e. The Kier molecular flexibility index (Phi) is 2.01. The van der Waals surface area contributed by atoms with Gasteiger partial charge in [-0.2, -0.15) is 0 Å². The first-order valence-electron chi connectivity index (χ1n) is 7.37. The lowest BCUT2D eigenvalue weighted by Gasteiger charge is -2.61. The molecular formula is C17H22O. The van der Waals surface area contributed by atoms with Gasteiger partial charge in [-0.25, -0.2) is 0 Å². The van der Waals surface area contributed by atoms with E-state index in [4.69, 9.17) is 0 Å². The van der Waals surface area contributed by atoms with Crippen LogP contribution in [0, 0.1) is 17.3 Å². The fourth-order valence-corrected chi connectivity index (χ4v) is 5.96. The van der Waals surface area contributed by atoms with Crippen LogP contribution in [-0.4, -0.2) is 5.11 Å². The Hall–Kier alpha value is -0.980. The molecule has 2 atom stereocenters. The van der Waals surface area contributed by atoms with Gasteiger partial charge in [-0.15, -0.1) is 0 Å². The molecule has 1 aromatic carbocycles. The molecule has 4 aliphatic rings. The minimum absolute atomic E-state index is 0.296. The van der Waals surface area contributed by atoms with E-state index in [1.54, 1.807) is 0 Å². The van der Waals surface area contributed by atoms with Gasteiger partial charge in [0.25, 0.3) is 0 Å². The Bertz CT molecular complexity index is 476. The van der Waals surface area contributed by atoms with Crippen LogP contribution in [0.4, 0.5) is 0 Å². The topological polar surface area (TPSA) is 20.2 Å². The standard InChI is InChI=1S/C17H22O/c1-16-7-12-6-13(8-16)10-17(9-12,11-16)14-4-2-3-5-15(14)18/h2-5,12-13,18H,6-11H2,1H3. The van der Waals surface area contributed by atoms with Gasteiger partial charge in [-0.1, -0.05) is 25.1 Å². The highest BCUT2D eigenvalue weighted by molar-refractivity contribution is 5.40. The molecule has 0 heterocycles. The molecule has 2 unspecified atom stereocenters. The monoisotopic (exact) mass is 242 g/mol. The molecule has 4 aliphatic carbocycles. The van der Waals surface area contributed by atoms with E-state index in [0.717, 1.165) is 11.8 Å². The molecule has 0 amide bonds. The SMILES string of the molecule is CC12CC3CC(C1)CC(c1ccccc1O)(C3)C2. The van der Waals surface area contributed by atoms with Crippen LogP contribution in [0.15, 0.2) is 24.3 Å². The second-order valence-electron chi connectivity index (χ2n) is 7.57. The fourth-order valence-electron chi connectivity index (χ4n) is 5.96. The zero-order chi connectivity index (χ0) is 12.4. The maximum Gasteiger partial charge on any atom is 0.119 e. The molecule has 4 bridgehead atoms. The highest BCUT2D eigenvalue weighted by Crippen LogP contribution is 2.66. The largest absolute Gasteiger partial charge is 0.508 e. The van der Waals surface area contributed by atoms with E-state index >= 15 is 0 Å². The third kappa shape index (κ3) is 1.39. The van der Waals surface area contributed by atoms with E-state index in [1.807, 2.05) is 12.1 Å². The quantitative estimate of drug-likeness (QED) is 0.780. The molecule has 0 aliphatic heterocycles. The van der Waals surface area contributed by atoms with Gasteiger partial charge < -0.3 is 5.11 Å². The van der Waals surface area contributed by atoms with Crippen molar-refractivity contribution < 1.29 is 5.11 Å². The predicted octanol–water partition coefficient (Wildman–Crippen LogP) is 4.25. The molecule has 1 N–H and O–H groups in total. The molecule has 1 nitrogen and oxygen atoms in total. The summed E-state index contributed by atoms with van der Waals surface area (Å²) in [5, 5.41) is 10.3. The highest BCUT2D eigenvalue weighted by Gasteiger charge is 2.56. The normalized spacial score (nSPS) is 45.4. The molecule has 96 valence electrons. The molecule has 1 heteroatoms. The first-order chi connectivity index (χ1) is 8.59. The number of benzene rings is 1. The van der Waals surface area contributed by atoms with Crippen molar-refractivity contribution in [3.8, 4) is 5.75 Å². The van der Waals surface area contributed by atoms with Crippen molar-refractivity contribution in [2.75, 3.05) is 0 Å². The highest BCUT2D eigenvalue weighted by atomic mass is 16.3. The van der Waals surface area contributed by atoms with Crippen LogP contribution >= 0.6 is 0 Å². The lowest BCUT2D eigenvalue weighted by molar-refractivity contribution is -0.0622. The molecule has 0 radical (unpaired) electrons. The minimum atomic E-state index is 0.296. The molecule has 18 heavy (non-hydrogen) atoms. The summed E-state index contributed by atoms with van der Waals surface area (Å²) in [6, 6.07) is 8.08. The van der Waals surface area contributed by atoms with Crippen LogP contribution in [0.1, 0.15) is 51.0 Å². The minimum Gasteiger partial charge on any atom is -0.508 e. The molecule has 4 fully saturated rings. The van der Waals surface area contributed by atoms with Crippen LogP contribution in [0.5, 0.6) is 5.75 Å². The summed E-state index contributed by atoms with van der Waals surface area (Å²) < 4.78 is 0. The second-order valence-corrected chi connectivity index (χ2v) is 7.57. The van der Waals surface area contributed by atoms with Gasteiger partial charge in [0.1, 0.15) is 5.75 Å². The van der Waals surface area contributed by atoms with Crippen LogP contribution in [0.25, 0.3) is 0 Å². The number of para-hydroxylation sites is 1. The van der Waals surface area contributed by atoms with Gasteiger partial charge in [-0.05, 0) is 67.3 Å².